The highest BCUT2D eigenvalue weighted by atomic mass is 35.5. The fourth-order valence-corrected chi connectivity index (χ4v) is 3.08. The van der Waals surface area contributed by atoms with Crippen molar-refractivity contribution in [2.45, 2.75) is 27.2 Å². The van der Waals surface area contributed by atoms with Crippen LogP contribution < -0.4 is 4.72 Å². The van der Waals surface area contributed by atoms with Gasteiger partial charge in [-0.05, 0) is 17.8 Å². The molecule has 0 aliphatic rings. The van der Waals surface area contributed by atoms with Crippen LogP contribution in [0.15, 0.2) is 0 Å². The molecule has 6 heteroatoms. The third-order valence-electron chi connectivity index (χ3n) is 2.52. The van der Waals surface area contributed by atoms with Crippen molar-refractivity contribution in [1.29, 1.82) is 0 Å². The first-order valence-electron chi connectivity index (χ1n) is 5.74. The molecule has 0 saturated carbocycles. The van der Waals surface area contributed by atoms with Crippen molar-refractivity contribution in [3.05, 3.63) is 0 Å². The predicted octanol–water partition coefficient (Wildman–Crippen LogP) is 1.84. The minimum atomic E-state index is -3.23. The lowest BCUT2D eigenvalue weighted by molar-refractivity contribution is 0.153. The number of halogens is 1. The molecule has 0 aromatic carbocycles. The Labute approximate surface area is 110 Å². The average molecular weight is 286 g/mol. The van der Waals surface area contributed by atoms with Crippen molar-refractivity contribution in [3.63, 3.8) is 0 Å². The van der Waals surface area contributed by atoms with Crippen LogP contribution in [-0.2, 0) is 14.8 Å². The van der Waals surface area contributed by atoms with Crippen LogP contribution in [0.3, 0.4) is 0 Å². The van der Waals surface area contributed by atoms with E-state index in [1.165, 1.54) is 0 Å². The Morgan fingerprint density at radius 3 is 2.47 bits per heavy atom. The van der Waals surface area contributed by atoms with Gasteiger partial charge in [-0.1, -0.05) is 20.8 Å². The van der Waals surface area contributed by atoms with E-state index < -0.39 is 10.0 Å². The number of sulfonamides is 1. The molecule has 0 aromatic heterocycles. The Bertz CT molecular complexity index is 304. The van der Waals surface area contributed by atoms with Crippen LogP contribution in [0.5, 0.6) is 0 Å². The van der Waals surface area contributed by atoms with Gasteiger partial charge in [-0.15, -0.1) is 11.6 Å². The summed E-state index contributed by atoms with van der Waals surface area (Å²) >= 11 is 5.61. The van der Waals surface area contributed by atoms with E-state index in [1.54, 1.807) is 7.11 Å². The number of ether oxygens (including phenoxy) is 1. The first kappa shape index (κ1) is 17.2. The molecule has 1 N–H and O–H groups in total. The van der Waals surface area contributed by atoms with Gasteiger partial charge in [0.05, 0.1) is 5.75 Å². The Hall–Kier alpha value is 0.160. The van der Waals surface area contributed by atoms with E-state index in [-0.39, 0.29) is 17.1 Å². The molecule has 0 fully saturated rings. The van der Waals surface area contributed by atoms with Crippen LogP contribution in [0, 0.1) is 11.3 Å². The smallest absolute Gasteiger partial charge is 0.211 e. The molecule has 1 unspecified atom stereocenters. The van der Waals surface area contributed by atoms with Crippen LogP contribution in [0.1, 0.15) is 27.2 Å². The summed E-state index contributed by atoms with van der Waals surface area (Å²) in [6.45, 7) is 6.90. The van der Waals surface area contributed by atoms with Gasteiger partial charge < -0.3 is 4.74 Å². The summed E-state index contributed by atoms with van der Waals surface area (Å²) < 4.78 is 31.1. The highest BCUT2D eigenvalue weighted by Gasteiger charge is 2.22. The van der Waals surface area contributed by atoms with Gasteiger partial charge in [-0.2, -0.15) is 0 Å². The number of nitrogens with one attached hydrogen (secondary N) is 1. The molecule has 0 aliphatic heterocycles. The lowest BCUT2D eigenvalue weighted by Crippen LogP contribution is -2.37. The Morgan fingerprint density at radius 2 is 2.00 bits per heavy atom. The lowest BCUT2D eigenvalue weighted by atomic mass is 9.90. The zero-order chi connectivity index (χ0) is 13.5. The van der Waals surface area contributed by atoms with Gasteiger partial charge in [0.1, 0.15) is 0 Å². The summed E-state index contributed by atoms with van der Waals surface area (Å²) in [6, 6.07) is 0. The third-order valence-corrected chi connectivity index (χ3v) is 4.64. The van der Waals surface area contributed by atoms with Crippen LogP contribution in [0.4, 0.5) is 0 Å². The minimum absolute atomic E-state index is 0.0312. The second-order valence-corrected chi connectivity index (χ2v) is 7.43. The van der Waals surface area contributed by atoms with E-state index >= 15 is 0 Å². The zero-order valence-electron chi connectivity index (χ0n) is 11.1. The first-order valence-corrected chi connectivity index (χ1v) is 7.93. The van der Waals surface area contributed by atoms with Gasteiger partial charge in [0.2, 0.25) is 10.0 Å². The Balaban J connectivity index is 4.16. The maximum atomic E-state index is 11.7. The molecule has 0 spiro atoms. The summed E-state index contributed by atoms with van der Waals surface area (Å²) in [4.78, 5) is 0. The number of rotatable bonds is 9. The molecule has 0 aliphatic carbocycles. The van der Waals surface area contributed by atoms with E-state index in [1.807, 2.05) is 20.8 Å². The van der Waals surface area contributed by atoms with Crippen LogP contribution >= 0.6 is 11.6 Å². The standard InChI is InChI=1S/C11H24ClNO3S/c1-10(7-12)8-17(14,15)13-9-11(2,3)5-6-16-4/h10,13H,5-9H2,1-4H3. The summed E-state index contributed by atoms with van der Waals surface area (Å²) in [5, 5.41) is 0. The minimum Gasteiger partial charge on any atom is -0.385 e. The normalized spacial score (nSPS) is 14.9. The predicted molar refractivity (Wildman–Crippen MR) is 71.9 cm³/mol. The Kier molecular flexibility index (Phi) is 7.63. The molecule has 4 nitrogen and oxygen atoms in total. The van der Waals surface area contributed by atoms with Gasteiger partial charge in [-0.25, -0.2) is 13.1 Å². The highest BCUT2D eigenvalue weighted by Crippen LogP contribution is 2.19. The van der Waals surface area contributed by atoms with Crippen molar-refractivity contribution in [3.8, 4) is 0 Å². The summed E-state index contributed by atoms with van der Waals surface area (Å²) in [7, 11) is -1.59. The molecular formula is C11H24ClNO3S. The maximum Gasteiger partial charge on any atom is 0.211 e. The molecular weight excluding hydrogens is 262 g/mol. The molecule has 1 atom stereocenters. The zero-order valence-corrected chi connectivity index (χ0v) is 12.7. The average Bonchev–Trinajstić information content (AvgIpc) is 2.23. The highest BCUT2D eigenvalue weighted by molar-refractivity contribution is 7.89. The van der Waals surface area contributed by atoms with Crippen molar-refractivity contribution in [2.75, 3.05) is 31.9 Å². The maximum absolute atomic E-state index is 11.7. The Morgan fingerprint density at radius 1 is 1.41 bits per heavy atom. The molecule has 0 saturated heterocycles. The molecule has 0 heterocycles. The van der Waals surface area contributed by atoms with Crippen molar-refractivity contribution < 1.29 is 13.2 Å². The van der Waals surface area contributed by atoms with E-state index in [0.717, 1.165) is 6.42 Å². The first-order chi connectivity index (χ1) is 7.72. The number of methoxy groups -OCH3 is 1. The fraction of sp³-hybridized carbons (Fsp3) is 1.00. The van der Waals surface area contributed by atoms with Crippen LogP contribution in [0.25, 0.3) is 0 Å². The van der Waals surface area contributed by atoms with Crippen molar-refractivity contribution in [2.24, 2.45) is 11.3 Å². The topological polar surface area (TPSA) is 55.4 Å². The summed E-state index contributed by atoms with van der Waals surface area (Å²) in [5.41, 5.74) is -0.104. The van der Waals surface area contributed by atoms with E-state index in [4.69, 9.17) is 16.3 Å². The molecule has 17 heavy (non-hydrogen) atoms. The molecule has 104 valence electrons. The molecule has 0 radical (unpaired) electrons. The largest absolute Gasteiger partial charge is 0.385 e. The van der Waals surface area contributed by atoms with Gasteiger partial charge in [0.25, 0.3) is 0 Å². The molecule has 0 aromatic rings. The number of alkyl halides is 1. The van der Waals surface area contributed by atoms with Gasteiger partial charge >= 0.3 is 0 Å². The van der Waals surface area contributed by atoms with Crippen LogP contribution in [-0.4, -0.2) is 40.3 Å². The second-order valence-electron chi connectivity index (χ2n) is 5.27. The van der Waals surface area contributed by atoms with E-state index in [9.17, 15) is 8.42 Å². The lowest BCUT2D eigenvalue weighted by Gasteiger charge is -2.24. The molecule has 0 amide bonds. The van der Waals surface area contributed by atoms with Gasteiger partial charge in [0, 0.05) is 26.1 Å². The SMILES string of the molecule is COCCC(C)(C)CNS(=O)(=O)CC(C)CCl. The second kappa shape index (κ2) is 7.56. The monoisotopic (exact) mass is 285 g/mol. The van der Waals surface area contributed by atoms with Crippen LogP contribution in [0.2, 0.25) is 0 Å². The third kappa shape index (κ3) is 8.83. The van der Waals surface area contributed by atoms with E-state index in [2.05, 4.69) is 4.72 Å². The summed E-state index contributed by atoms with van der Waals surface area (Å²) in [6.07, 6.45) is 0.817. The van der Waals surface area contributed by atoms with Gasteiger partial charge in [0.15, 0.2) is 0 Å². The quantitative estimate of drug-likeness (QED) is 0.658. The van der Waals surface area contributed by atoms with Crippen molar-refractivity contribution in [1.82, 2.24) is 4.72 Å². The van der Waals surface area contributed by atoms with Crippen molar-refractivity contribution >= 4 is 21.6 Å². The number of hydrogen-bond donors (Lipinski definition) is 1. The summed E-state index contributed by atoms with van der Waals surface area (Å²) in [5.74, 6) is 0.404. The van der Waals surface area contributed by atoms with Gasteiger partial charge in [-0.3, -0.25) is 0 Å². The molecule has 0 bridgehead atoms. The molecule has 0 rings (SSSR count). The van der Waals surface area contributed by atoms with E-state index in [0.29, 0.717) is 19.0 Å². The fourth-order valence-electron chi connectivity index (χ4n) is 1.25. The number of hydrogen-bond acceptors (Lipinski definition) is 3.